The van der Waals surface area contributed by atoms with Gasteiger partial charge in [-0.05, 0) is 0 Å². The quantitative estimate of drug-likeness (QED) is 0.568. The van der Waals surface area contributed by atoms with Gasteiger partial charge in [0.2, 0.25) is 0 Å². The Hall–Kier alpha value is 0.375. The van der Waals surface area contributed by atoms with E-state index in [4.69, 9.17) is 6.72 Å². The molecule has 0 aliphatic heterocycles. The molecule has 0 bridgehead atoms. The van der Waals surface area contributed by atoms with Crippen molar-refractivity contribution in [3.63, 3.8) is 0 Å². The second-order valence-corrected chi connectivity index (χ2v) is 4.78. The first kappa shape index (κ1) is 10.4. The molecule has 10 heavy (non-hydrogen) atoms. The molecule has 3 heteroatoms. The minimum atomic E-state index is -0.0963. The number of nitrogens with zero attached hydrogens (tertiary/aromatic N) is 1. The van der Waals surface area contributed by atoms with Crippen molar-refractivity contribution in [3.05, 3.63) is 0 Å². The van der Waals surface area contributed by atoms with Gasteiger partial charge in [-0.3, -0.25) is 0 Å². The van der Waals surface area contributed by atoms with Gasteiger partial charge >= 0.3 is 67.6 Å². The summed E-state index contributed by atoms with van der Waals surface area (Å²) in [7, 11) is 1.98. The molecule has 0 aromatic carbocycles. The summed E-state index contributed by atoms with van der Waals surface area (Å²) >= 11 is 0. The fourth-order valence-electron chi connectivity index (χ4n) is 0.612. The van der Waals surface area contributed by atoms with Crippen molar-refractivity contribution in [2.45, 2.75) is 32.7 Å². The molecule has 0 amide bonds. The van der Waals surface area contributed by atoms with Gasteiger partial charge in [0, 0.05) is 0 Å². The second-order valence-electron chi connectivity index (χ2n) is 3.19. The Morgan fingerprint density at radius 2 is 1.90 bits per heavy atom. The Labute approximate surface area is 68.1 Å². The van der Waals surface area contributed by atoms with Crippen molar-refractivity contribution >= 4 is 17.2 Å². The van der Waals surface area contributed by atoms with Crippen molar-refractivity contribution in [1.82, 2.24) is 4.31 Å². The normalized spacial score (nSPS) is 15.7. The van der Waals surface area contributed by atoms with Gasteiger partial charge in [-0.25, -0.2) is 0 Å². The Kier molecular flexibility index (Phi) is 3.81. The van der Waals surface area contributed by atoms with Crippen molar-refractivity contribution in [1.29, 1.82) is 0 Å². The van der Waals surface area contributed by atoms with Gasteiger partial charge in [-0.1, -0.05) is 0 Å². The van der Waals surface area contributed by atoms with Crippen molar-refractivity contribution in [2.75, 3.05) is 13.3 Å². The summed E-state index contributed by atoms with van der Waals surface area (Å²) in [4.78, 5) is 0. The van der Waals surface area contributed by atoms with E-state index in [2.05, 4.69) is 32.1 Å². The van der Waals surface area contributed by atoms with E-state index >= 15 is 0 Å². The first-order valence-corrected chi connectivity index (χ1v) is 5.21. The molecular formula is C7H17BNS. The van der Waals surface area contributed by atoms with Crippen LogP contribution in [0.2, 0.25) is 0 Å². The van der Waals surface area contributed by atoms with Crippen LogP contribution < -0.4 is 0 Å². The van der Waals surface area contributed by atoms with Gasteiger partial charge in [0.05, 0.1) is 0 Å². The fraction of sp³-hybridized carbons (Fsp3) is 1.00. The number of hydrogen-bond donors (Lipinski definition) is 0. The Balaban J connectivity index is 4.17. The molecular weight excluding hydrogens is 141 g/mol. The fourth-order valence-corrected chi connectivity index (χ4v) is 1.52. The summed E-state index contributed by atoms with van der Waals surface area (Å²) in [6, 6.07) is 0. The molecule has 0 rings (SSSR count). The van der Waals surface area contributed by atoms with Crippen LogP contribution in [0.5, 0.6) is 0 Å². The van der Waals surface area contributed by atoms with Crippen molar-refractivity contribution in [2.24, 2.45) is 0 Å². The van der Waals surface area contributed by atoms with Crippen LogP contribution in [0, 0.1) is 0 Å². The van der Waals surface area contributed by atoms with Gasteiger partial charge < -0.3 is 0 Å². The maximum atomic E-state index is 5.75. The summed E-state index contributed by atoms with van der Waals surface area (Å²) in [6.45, 7) is 12.4. The van der Waals surface area contributed by atoms with Crippen LogP contribution in [-0.2, 0) is 0 Å². The topological polar surface area (TPSA) is 3.24 Å². The van der Waals surface area contributed by atoms with E-state index < -0.39 is 0 Å². The third-order valence-electron chi connectivity index (χ3n) is 2.15. The van der Waals surface area contributed by atoms with E-state index in [-0.39, 0.29) is 16.0 Å². The summed E-state index contributed by atoms with van der Waals surface area (Å²) < 4.78 is 2.22. The van der Waals surface area contributed by atoms with Gasteiger partial charge in [-0.2, -0.15) is 0 Å². The van der Waals surface area contributed by atoms with Gasteiger partial charge in [-0.15, -0.1) is 0 Å². The van der Waals surface area contributed by atoms with E-state index in [1.54, 1.807) is 0 Å². The molecule has 0 N–H and O–H groups in total. The SMILES string of the molecule is [B]=S(C)N(C)C(C)(C)CC. The molecule has 0 spiro atoms. The average molecular weight is 158 g/mol. The molecule has 0 aliphatic carbocycles. The van der Waals surface area contributed by atoms with Crippen LogP contribution >= 0.6 is 10.5 Å². The van der Waals surface area contributed by atoms with E-state index in [1.807, 2.05) is 6.26 Å². The zero-order valence-corrected chi connectivity index (χ0v) is 8.46. The molecule has 0 fully saturated rings. The molecule has 0 saturated carbocycles. The van der Waals surface area contributed by atoms with E-state index in [1.165, 1.54) is 0 Å². The summed E-state index contributed by atoms with van der Waals surface area (Å²) in [5.74, 6) is 0. The molecule has 59 valence electrons. The van der Waals surface area contributed by atoms with Crippen LogP contribution in [0.1, 0.15) is 27.2 Å². The third-order valence-corrected chi connectivity index (χ3v) is 3.51. The molecule has 1 nitrogen and oxygen atoms in total. The van der Waals surface area contributed by atoms with E-state index in [9.17, 15) is 0 Å². The van der Waals surface area contributed by atoms with Crippen LogP contribution in [-0.4, -0.2) is 29.9 Å². The molecule has 1 radical (unpaired) electrons. The Morgan fingerprint density at radius 3 is 2.00 bits per heavy atom. The maximum absolute atomic E-state index is 5.75. The predicted octanol–water partition coefficient (Wildman–Crippen LogP) is 2.00. The number of hydrogen-bond acceptors (Lipinski definition) is 1. The first-order valence-electron chi connectivity index (χ1n) is 3.56. The molecule has 1 atom stereocenters. The van der Waals surface area contributed by atoms with Crippen LogP contribution in [0.3, 0.4) is 0 Å². The molecule has 0 heterocycles. The van der Waals surface area contributed by atoms with Crippen LogP contribution in [0.15, 0.2) is 0 Å². The van der Waals surface area contributed by atoms with E-state index in [0.717, 1.165) is 6.42 Å². The molecule has 0 saturated heterocycles. The van der Waals surface area contributed by atoms with Gasteiger partial charge in [0.25, 0.3) is 0 Å². The monoisotopic (exact) mass is 158 g/mol. The average Bonchev–Trinajstić information content (AvgIpc) is 1.86. The number of rotatable bonds is 3. The molecule has 0 aromatic heterocycles. The van der Waals surface area contributed by atoms with Gasteiger partial charge in [0.1, 0.15) is 0 Å². The minimum absolute atomic E-state index is 0.0963. The molecule has 0 aromatic rings. The van der Waals surface area contributed by atoms with Crippen LogP contribution in [0.25, 0.3) is 0 Å². The van der Waals surface area contributed by atoms with Crippen LogP contribution in [0.4, 0.5) is 0 Å². The first-order chi connectivity index (χ1) is 4.41. The standard InChI is InChI=1S/C7H17BNS/c1-6-7(2,3)9(4)10(5)8/h6H2,1-5H3. The zero-order valence-electron chi connectivity index (χ0n) is 7.64. The second kappa shape index (κ2) is 3.68. The van der Waals surface area contributed by atoms with Gasteiger partial charge in [0.15, 0.2) is 0 Å². The van der Waals surface area contributed by atoms with E-state index in [0.29, 0.717) is 0 Å². The zero-order chi connectivity index (χ0) is 8.36. The summed E-state index contributed by atoms with van der Waals surface area (Å²) in [5, 5.41) is 0. The predicted molar refractivity (Wildman–Crippen MR) is 51.4 cm³/mol. The van der Waals surface area contributed by atoms with Crippen molar-refractivity contribution < 1.29 is 0 Å². The molecule has 0 aliphatic rings. The summed E-state index contributed by atoms with van der Waals surface area (Å²) in [5.41, 5.74) is 0.243. The Bertz CT molecular complexity index is 134. The Morgan fingerprint density at radius 1 is 1.50 bits per heavy atom. The molecule has 1 unspecified atom stereocenters. The third kappa shape index (κ3) is 2.55. The van der Waals surface area contributed by atoms with Crippen molar-refractivity contribution in [3.8, 4) is 0 Å². The summed E-state index contributed by atoms with van der Waals surface area (Å²) in [6.07, 6.45) is 3.18.